The number of hydrogen-bond donors (Lipinski definition) is 2. The molecule has 5 unspecified atom stereocenters. The van der Waals surface area contributed by atoms with E-state index in [0.29, 0.717) is 5.95 Å². The normalized spacial score (nSPS) is 16.8. The van der Waals surface area contributed by atoms with E-state index in [1.54, 1.807) is 0 Å². The molecule has 5 atom stereocenters. The number of hydrogen-bond acceptors (Lipinski definition) is 5. The first-order valence-corrected chi connectivity index (χ1v) is 41.0. The van der Waals surface area contributed by atoms with Gasteiger partial charge >= 0.3 is 0 Å². The molecule has 2 N–H and O–H groups in total. The maximum atomic E-state index is 5.50. The van der Waals surface area contributed by atoms with Crippen LogP contribution in [0.25, 0.3) is 160 Å². The highest BCUT2D eigenvalue weighted by Gasteiger charge is 2.39. The standard InChI is InChI=1S/C110H78N8/c1-5-20-71(21-6-1)73-36-42-76(43-37-73)79-24-19-25-85(62-79)99-58-60-111-109(113-99)117-102-34-17-14-31-92(102)96-69-83(52-57-107(96)117)84-50-55-106-98(70-84)97-66-80(48-53-105(97)116(106)90-28-11-4-12-29-90)77-44-38-74(39-45-77)75-40-46-78(47-41-75)87-63-86(72-22-7-2-8-23-72)64-88(65-87)100-59-61-112-110(114-100)118-103-35-18-15-32-93(103)95-68-82(51-56-108(95)118)81-49-54-104-94(67-81)91-30-13-16-33-101(91)115(104)89-26-9-3-10-27-89/h1-38,40-70,74,93,99,103,109,111,113H,39H2. The van der Waals surface area contributed by atoms with Gasteiger partial charge in [-0.2, -0.15) is 0 Å². The van der Waals surface area contributed by atoms with E-state index < -0.39 is 0 Å². The maximum absolute atomic E-state index is 5.50. The van der Waals surface area contributed by atoms with Gasteiger partial charge in [0.15, 0.2) is 6.29 Å². The van der Waals surface area contributed by atoms with Crippen molar-refractivity contribution < 1.29 is 0 Å². The van der Waals surface area contributed by atoms with Crippen LogP contribution in [-0.2, 0) is 0 Å². The Hall–Kier alpha value is -15.0. The average molecular weight is 1510 g/mol. The molecule has 19 aromatic rings. The molecule has 8 nitrogen and oxygen atoms in total. The van der Waals surface area contributed by atoms with Crippen molar-refractivity contribution in [2.75, 3.05) is 4.90 Å². The summed E-state index contributed by atoms with van der Waals surface area (Å²) in [6.45, 7) is 0. The predicted molar refractivity (Wildman–Crippen MR) is 490 cm³/mol. The van der Waals surface area contributed by atoms with Crippen LogP contribution in [0.15, 0.2) is 419 Å². The van der Waals surface area contributed by atoms with Crippen molar-refractivity contribution in [3.05, 3.63) is 441 Å². The lowest BCUT2D eigenvalue weighted by molar-refractivity contribution is 0.342. The SMILES string of the molecule is C1=CC2c3cc(-c4ccc5c(c4)c4ccccc4n5-c4ccccc4)ccc3N(c3nccc(-c4cc(-c5ccccc5)cc(-c5ccc(C6C=CC(c7ccc8c(c7)c7cc(-c9ccc%10c(c9)c9ccccc9n%10C9NC=CC(c%10cccc(-c%11ccc(-c%12ccccc%12)cc%11)c%10)N9)ccc7n8-c7ccccc7)=CC6)cc5)c4)n3)C2C=C1. The van der Waals surface area contributed by atoms with Crippen LogP contribution in [-0.4, -0.2) is 29.7 Å². The molecule has 0 fully saturated rings. The molecule has 0 bridgehead atoms. The third-order valence-corrected chi connectivity index (χ3v) is 24.9. The second kappa shape index (κ2) is 28.5. The minimum Gasteiger partial charge on any atom is -0.359 e. The lowest BCUT2D eigenvalue weighted by atomic mass is 9.87. The third-order valence-electron chi connectivity index (χ3n) is 24.9. The predicted octanol–water partition coefficient (Wildman–Crippen LogP) is 27.2. The van der Waals surface area contributed by atoms with Crippen LogP contribution < -0.4 is 15.5 Å². The summed E-state index contributed by atoms with van der Waals surface area (Å²) in [5.74, 6) is 1.03. The second-order valence-electron chi connectivity index (χ2n) is 31.6. The van der Waals surface area contributed by atoms with Crippen LogP contribution in [0.5, 0.6) is 0 Å². The minimum atomic E-state index is -0.201. The summed E-state index contributed by atoms with van der Waals surface area (Å²) in [5, 5.41) is 15.0. The van der Waals surface area contributed by atoms with Gasteiger partial charge in [-0.3, -0.25) is 5.32 Å². The fourth-order valence-corrected chi connectivity index (χ4v) is 19.1. The molecule has 2 aliphatic heterocycles. The van der Waals surface area contributed by atoms with Crippen LogP contribution >= 0.6 is 0 Å². The van der Waals surface area contributed by atoms with Crippen LogP contribution in [0.2, 0.25) is 0 Å². The molecule has 8 heteroatoms. The summed E-state index contributed by atoms with van der Waals surface area (Å²) in [5.41, 5.74) is 32.7. The molecule has 558 valence electrons. The van der Waals surface area contributed by atoms with Crippen LogP contribution in [0, 0.1) is 0 Å². The quantitative estimate of drug-likeness (QED) is 0.114. The van der Waals surface area contributed by atoms with E-state index in [1.165, 1.54) is 132 Å². The van der Waals surface area contributed by atoms with E-state index >= 15 is 0 Å². The van der Waals surface area contributed by atoms with Crippen LogP contribution in [0.3, 0.4) is 0 Å². The Kier molecular flexibility index (Phi) is 16.6. The number of allylic oxidation sites excluding steroid dienone is 6. The van der Waals surface area contributed by atoms with Gasteiger partial charge in [-0.05, 0) is 241 Å². The molecule has 0 radical (unpaired) electrons. The van der Waals surface area contributed by atoms with Crippen molar-refractivity contribution >= 4 is 82.6 Å². The van der Waals surface area contributed by atoms with E-state index in [-0.39, 0.29) is 30.2 Å². The first-order chi connectivity index (χ1) is 58.5. The number of aromatic nitrogens is 5. The summed E-state index contributed by atoms with van der Waals surface area (Å²) >= 11 is 0. The Morgan fingerprint density at radius 2 is 0.805 bits per heavy atom. The van der Waals surface area contributed by atoms with Crippen molar-refractivity contribution in [3.8, 4) is 89.4 Å². The van der Waals surface area contributed by atoms with Gasteiger partial charge in [-0.1, -0.05) is 273 Å². The Bertz CT molecular complexity index is 7350. The largest absolute Gasteiger partial charge is 0.359 e. The van der Waals surface area contributed by atoms with E-state index in [0.717, 1.165) is 62.5 Å². The molecule has 0 spiro atoms. The minimum absolute atomic E-state index is 0.0139. The second-order valence-corrected chi connectivity index (χ2v) is 31.6. The van der Waals surface area contributed by atoms with Crippen molar-refractivity contribution in [1.82, 2.24) is 34.3 Å². The molecule has 0 saturated heterocycles. The summed E-state index contributed by atoms with van der Waals surface area (Å²) in [4.78, 5) is 12.9. The van der Waals surface area contributed by atoms with Gasteiger partial charge in [0.2, 0.25) is 5.95 Å². The number of fused-ring (bicyclic) bond motifs is 12. The van der Waals surface area contributed by atoms with Crippen LogP contribution in [0.4, 0.5) is 11.6 Å². The van der Waals surface area contributed by atoms with Gasteiger partial charge in [-0.15, -0.1) is 0 Å². The van der Waals surface area contributed by atoms with Crippen molar-refractivity contribution in [2.24, 2.45) is 0 Å². The van der Waals surface area contributed by atoms with E-state index in [9.17, 15) is 0 Å². The molecule has 4 aliphatic rings. The molecule has 0 amide bonds. The smallest absolute Gasteiger partial charge is 0.231 e. The highest BCUT2D eigenvalue weighted by molar-refractivity contribution is 6.14. The Morgan fingerprint density at radius 3 is 1.47 bits per heavy atom. The van der Waals surface area contributed by atoms with E-state index in [2.05, 4.69) is 442 Å². The summed E-state index contributed by atoms with van der Waals surface area (Å²) in [7, 11) is 0. The number of anilines is 2. The lowest BCUT2D eigenvalue weighted by Crippen LogP contribution is -2.40. The molecule has 4 aromatic heterocycles. The highest BCUT2D eigenvalue weighted by Crippen LogP contribution is 2.50. The molecular formula is C110H78N8. The molecule has 6 heterocycles. The number of nitrogens with zero attached hydrogens (tertiary/aromatic N) is 6. The topological polar surface area (TPSA) is 67.9 Å². The van der Waals surface area contributed by atoms with Gasteiger partial charge in [0.05, 0.1) is 50.9 Å². The summed E-state index contributed by atoms with van der Waals surface area (Å²) < 4.78 is 7.23. The number of rotatable bonds is 14. The van der Waals surface area contributed by atoms with Crippen molar-refractivity contribution in [2.45, 2.75) is 36.6 Å². The van der Waals surface area contributed by atoms with Crippen molar-refractivity contribution in [1.29, 1.82) is 0 Å². The molecule has 2 aliphatic carbocycles. The molecule has 118 heavy (non-hydrogen) atoms. The Balaban J connectivity index is 0.518. The fraction of sp³-hybridized carbons (Fsp3) is 0.0545. The third kappa shape index (κ3) is 11.9. The van der Waals surface area contributed by atoms with Gasteiger partial charge in [0.1, 0.15) is 0 Å². The van der Waals surface area contributed by atoms with Gasteiger partial charge in [-0.25, -0.2) is 9.97 Å². The molecule has 23 rings (SSSR count). The number of benzene rings is 15. The van der Waals surface area contributed by atoms with Gasteiger partial charge in [0.25, 0.3) is 0 Å². The average Bonchev–Trinajstić information content (AvgIpc) is 1.60. The van der Waals surface area contributed by atoms with E-state index in [1.807, 2.05) is 6.20 Å². The monoisotopic (exact) mass is 1510 g/mol. The Morgan fingerprint density at radius 1 is 0.331 bits per heavy atom. The van der Waals surface area contributed by atoms with Gasteiger partial charge in [0, 0.05) is 73.0 Å². The summed E-state index contributed by atoms with van der Waals surface area (Å²) in [6.07, 6.45) is 23.1. The molecule has 15 aromatic carbocycles. The van der Waals surface area contributed by atoms with Crippen molar-refractivity contribution in [3.63, 3.8) is 0 Å². The number of nitrogens with one attached hydrogen (secondary N) is 2. The lowest BCUT2D eigenvalue weighted by Gasteiger charge is -2.31. The molecular weight excluding hydrogens is 1430 g/mol. The van der Waals surface area contributed by atoms with Gasteiger partial charge < -0.3 is 23.9 Å². The zero-order valence-electron chi connectivity index (χ0n) is 64.6. The fourth-order valence-electron chi connectivity index (χ4n) is 19.1. The zero-order valence-corrected chi connectivity index (χ0v) is 64.6. The zero-order chi connectivity index (χ0) is 77.7. The van der Waals surface area contributed by atoms with Crippen LogP contribution in [0.1, 0.15) is 52.8 Å². The summed E-state index contributed by atoms with van der Waals surface area (Å²) in [6, 6.07) is 131. The maximum Gasteiger partial charge on any atom is 0.231 e. The molecule has 0 saturated carbocycles. The van der Waals surface area contributed by atoms with E-state index in [4.69, 9.17) is 9.97 Å². The highest BCUT2D eigenvalue weighted by atomic mass is 15.3. The first kappa shape index (κ1) is 68.6. The number of para-hydroxylation sites is 4. The Labute approximate surface area is 684 Å². The first-order valence-electron chi connectivity index (χ1n) is 41.0.